The first kappa shape index (κ1) is 20.5. The molecule has 0 N–H and O–H groups in total. The first-order valence-corrected chi connectivity index (χ1v) is 11.2. The number of unbranched alkanes of at least 4 members (excludes halogenated alkanes) is 1. The Labute approximate surface area is 135 Å². The molecule has 0 spiro atoms. The highest BCUT2D eigenvalue weighted by Crippen LogP contribution is 2.40. The van der Waals surface area contributed by atoms with Gasteiger partial charge in [-0.25, -0.2) is 0 Å². The molecule has 0 aliphatic rings. The van der Waals surface area contributed by atoms with Crippen LogP contribution in [0.1, 0.15) is 87.5 Å². The zero-order chi connectivity index (χ0) is 16.5. The molecule has 0 fully saturated rings. The SMILES string of the molecule is CCC/C=C(/CC#C[Si](C(C)C)(C(C)C)C(C)C)CCC. The molecule has 0 aromatic rings. The van der Waals surface area contributed by atoms with Crippen LogP contribution >= 0.6 is 0 Å². The lowest BCUT2D eigenvalue weighted by Gasteiger charge is -2.38. The molecule has 0 aromatic heterocycles. The molecule has 0 nitrogen and oxygen atoms in total. The van der Waals surface area contributed by atoms with Crippen LogP contribution in [0, 0.1) is 11.5 Å². The van der Waals surface area contributed by atoms with Crippen LogP contribution in [0.5, 0.6) is 0 Å². The largest absolute Gasteiger partial charge is 0.145 e. The van der Waals surface area contributed by atoms with Crippen molar-refractivity contribution in [3.05, 3.63) is 11.6 Å². The lowest BCUT2D eigenvalue weighted by Crippen LogP contribution is -2.43. The second-order valence-corrected chi connectivity index (χ2v) is 12.9. The molecule has 0 radical (unpaired) electrons. The Kier molecular flexibility index (Phi) is 10.0. The second-order valence-electron chi connectivity index (χ2n) is 7.28. The quantitative estimate of drug-likeness (QED) is 0.254. The summed E-state index contributed by atoms with van der Waals surface area (Å²) in [5, 5.41) is 0. The summed E-state index contributed by atoms with van der Waals surface area (Å²) in [5.41, 5.74) is 7.61. The Morgan fingerprint density at radius 1 is 0.905 bits per heavy atom. The van der Waals surface area contributed by atoms with Crippen molar-refractivity contribution >= 4 is 8.07 Å². The van der Waals surface area contributed by atoms with E-state index in [1.54, 1.807) is 5.57 Å². The highest BCUT2D eigenvalue weighted by molar-refractivity contribution is 6.90. The maximum Gasteiger partial charge on any atom is 0.145 e. The molecule has 0 saturated heterocycles. The molecule has 0 aliphatic carbocycles. The summed E-state index contributed by atoms with van der Waals surface area (Å²) in [6, 6.07) is 0. The van der Waals surface area contributed by atoms with E-state index >= 15 is 0 Å². The van der Waals surface area contributed by atoms with E-state index in [4.69, 9.17) is 0 Å². The molecule has 0 amide bonds. The summed E-state index contributed by atoms with van der Waals surface area (Å²) in [4.78, 5) is 0. The Morgan fingerprint density at radius 3 is 1.81 bits per heavy atom. The Balaban J connectivity index is 5.20. The minimum Gasteiger partial charge on any atom is -0.130 e. The van der Waals surface area contributed by atoms with Gasteiger partial charge in [0.25, 0.3) is 0 Å². The van der Waals surface area contributed by atoms with Gasteiger partial charge in [0.2, 0.25) is 0 Å². The van der Waals surface area contributed by atoms with E-state index in [2.05, 4.69) is 72.9 Å². The summed E-state index contributed by atoms with van der Waals surface area (Å²) in [6.07, 6.45) is 8.32. The maximum absolute atomic E-state index is 3.84. The fourth-order valence-corrected chi connectivity index (χ4v) is 8.94. The zero-order valence-corrected chi connectivity index (χ0v) is 16.8. The topological polar surface area (TPSA) is 0 Å². The van der Waals surface area contributed by atoms with E-state index in [0.29, 0.717) is 0 Å². The smallest absolute Gasteiger partial charge is 0.130 e. The van der Waals surface area contributed by atoms with Gasteiger partial charge in [-0.1, -0.05) is 79.9 Å². The van der Waals surface area contributed by atoms with E-state index < -0.39 is 8.07 Å². The van der Waals surface area contributed by atoms with Crippen LogP contribution in [0.25, 0.3) is 0 Å². The monoisotopic (exact) mass is 306 g/mol. The van der Waals surface area contributed by atoms with Gasteiger partial charge in [-0.2, -0.15) is 0 Å². The lowest BCUT2D eigenvalue weighted by atomic mass is 10.1. The molecule has 0 rings (SSSR count). The van der Waals surface area contributed by atoms with Crippen LogP contribution in [0.3, 0.4) is 0 Å². The van der Waals surface area contributed by atoms with E-state index in [-0.39, 0.29) is 0 Å². The predicted octanol–water partition coefficient (Wildman–Crippen LogP) is 7.12. The lowest BCUT2D eigenvalue weighted by molar-refractivity contribution is 0.837. The molecule has 1 heteroatoms. The minimum absolute atomic E-state index is 0.735. The van der Waals surface area contributed by atoms with Crippen LogP contribution in [0.2, 0.25) is 16.6 Å². The Morgan fingerprint density at radius 2 is 1.43 bits per heavy atom. The third kappa shape index (κ3) is 6.03. The highest BCUT2D eigenvalue weighted by atomic mass is 28.3. The van der Waals surface area contributed by atoms with Gasteiger partial charge in [-0.15, -0.1) is 11.5 Å². The maximum atomic E-state index is 3.84. The summed E-state index contributed by atoms with van der Waals surface area (Å²) in [6.45, 7) is 18.9. The van der Waals surface area contributed by atoms with Gasteiger partial charge >= 0.3 is 0 Å². The molecule has 0 heterocycles. The highest BCUT2D eigenvalue weighted by Gasteiger charge is 2.41. The van der Waals surface area contributed by atoms with Crippen molar-refractivity contribution < 1.29 is 0 Å². The van der Waals surface area contributed by atoms with E-state index in [9.17, 15) is 0 Å². The standard InChI is InChI=1S/C20H38Si/c1-9-11-14-20(13-10-2)15-12-16-21(17(3)4,18(5)6)19(7)8/h14,17-19H,9-11,13,15H2,1-8H3/b20-14+. The van der Waals surface area contributed by atoms with Gasteiger partial charge in [-0.3, -0.25) is 0 Å². The van der Waals surface area contributed by atoms with Crippen molar-refractivity contribution in [1.29, 1.82) is 0 Å². The van der Waals surface area contributed by atoms with Crippen molar-refractivity contribution in [3.8, 4) is 11.5 Å². The molecular formula is C20H38Si. The average Bonchev–Trinajstić information content (AvgIpc) is 2.39. The fraction of sp³-hybridized carbons (Fsp3) is 0.800. The Hall–Kier alpha value is -0.483. The van der Waals surface area contributed by atoms with Crippen LogP contribution in [-0.4, -0.2) is 8.07 Å². The van der Waals surface area contributed by atoms with Gasteiger partial charge < -0.3 is 0 Å². The molecule has 0 atom stereocenters. The van der Waals surface area contributed by atoms with Crippen LogP contribution < -0.4 is 0 Å². The molecular weight excluding hydrogens is 268 g/mol. The van der Waals surface area contributed by atoms with Gasteiger partial charge in [0, 0.05) is 6.42 Å². The first-order valence-electron chi connectivity index (χ1n) is 9.00. The molecule has 0 unspecified atom stereocenters. The van der Waals surface area contributed by atoms with E-state index in [1.165, 1.54) is 25.7 Å². The van der Waals surface area contributed by atoms with Gasteiger partial charge in [0.05, 0.1) is 0 Å². The van der Waals surface area contributed by atoms with Crippen LogP contribution in [-0.2, 0) is 0 Å². The zero-order valence-electron chi connectivity index (χ0n) is 15.8. The Bertz CT molecular complexity index is 341. The third-order valence-corrected chi connectivity index (χ3v) is 11.1. The number of hydrogen-bond acceptors (Lipinski definition) is 0. The van der Waals surface area contributed by atoms with Gasteiger partial charge in [-0.05, 0) is 29.5 Å². The summed E-state index contributed by atoms with van der Waals surface area (Å²) < 4.78 is 0. The van der Waals surface area contributed by atoms with Gasteiger partial charge in [0.1, 0.15) is 8.07 Å². The van der Waals surface area contributed by atoms with E-state index in [1.807, 2.05) is 0 Å². The average molecular weight is 307 g/mol. The van der Waals surface area contributed by atoms with Crippen LogP contribution in [0.15, 0.2) is 11.6 Å². The predicted molar refractivity (Wildman–Crippen MR) is 101 cm³/mol. The first-order chi connectivity index (χ1) is 9.82. The van der Waals surface area contributed by atoms with Crippen molar-refractivity contribution in [2.24, 2.45) is 0 Å². The van der Waals surface area contributed by atoms with Crippen molar-refractivity contribution in [1.82, 2.24) is 0 Å². The van der Waals surface area contributed by atoms with E-state index in [0.717, 1.165) is 23.0 Å². The molecule has 122 valence electrons. The normalized spacial score (nSPS) is 13.0. The second kappa shape index (κ2) is 10.3. The van der Waals surface area contributed by atoms with Crippen molar-refractivity contribution in [3.63, 3.8) is 0 Å². The summed E-state index contributed by atoms with van der Waals surface area (Å²) in [7, 11) is -1.54. The summed E-state index contributed by atoms with van der Waals surface area (Å²) >= 11 is 0. The molecule has 0 bridgehead atoms. The van der Waals surface area contributed by atoms with Crippen LogP contribution in [0.4, 0.5) is 0 Å². The fourth-order valence-electron chi connectivity index (χ4n) is 3.68. The summed E-state index contributed by atoms with van der Waals surface area (Å²) in [5.74, 6) is 3.61. The number of rotatable bonds is 8. The molecule has 0 aliphatic heterocycles. The van der Waals surface area contributed by atoms with Crippen molar-refractivity contribution in [2.45, 2.75) is 104 Å². The number of hydrogen-bond donors (Lipinski definition) is 0. The third-order valence-electron chi connectivity index (χ3n) is 4.78. The molecule has 0 aromatic carbocycles. The number of allylic oxidation sites excluding steroid dienone is 2. The minimum atomic E-state index is -1.54. The molecule has 21 heavy (non-hydrogen) atoms. The molecule has 0 saturated carbocycles. The van der Waals surface area contributed by atoms with Crippen molar-refractivity contribution in [2.75, 3.05) is 0 Å². The van der Waals surface area contributed by atoms with Gasteiger partial charge in [0.15, 0.2) is 0 Å².